The Morgan fingerprint density at radius 3 is 2.53 bits per heavy atom. The van der Waals surface area contributed by atoms with Gasteiger partial charge in [-0.25, -0.2) is 4.79 Å². The minimum atomic E-state index is -0.601. The van der Waals surface area contributed by atoms with Gasteiger partial charge in [-0.15, -0.1) is 0 Å². The highest BCUT2D eigenvalue weighted by molar-refractivity contribution is 5.89. The summed E-state index contributed by atoms with van der Waals surface area (Å²) >= 11 is 0. The van der Waals surface area contributed by atoms with Crippen molar-refractivity contribution in [2.24, 2.45) is 0 Å². The first kappa shape index (κ1) is 12.6. The minimum absolute atomic E-state index is 0.0193. The van der Waals surface area contributed by atoms with Crippen LogP contribution in [0.4, 0.5) is 5.69 Å². The molecule has 0 saturated carbocycles. The molecule has 1 aromatic carbocycles. The quantitative estimate of drug-likeness (QED) is 0.254. The van der Waals surface area contributed by atoms with Crippen molar-refractivity contribution >= 4 is 17.9 Å². The molecule has 6 nitrogen and oxygen atoms in total. The first-order valence-corrected chi connectivity index (χ1v) is 4.67. The monoisotopic (exact) mass is 235 g/mol. The van der Waals surface area contributed by atoms with E-state index >= 15 is 0 Å². The summed E-state index contributed by atoms with van der Waals surface area (Å²) < 4.78 is 4.78. The third kappa shape index (κ3) is 3.86. The van der Waals surface area contributed by atoms with Crippen LogP contribution in [0.25, 0.3) is 0 Å². The molecule has 0 spiro atoms. The predicted molar refractivity (Wildman–Crippen MR) is 58.6 cm³/mol. The molecule has 17 heavy (non-hydrogen) atoms. The SMILES string of the molecule is O=C/C=C/COC(=O)c1ccc([N+](=O)[O-])cc1. The van der Waals surface area contributed by atoms with Gasteiger partial charge in [-0.1, -0.05) is 0 Å². The first-order valence-electron chi connectivity index (χ1n) is 4.67. The Balaban J connectivity index is 2.60. The molecule has 1 aromatic rings. The van der Waals surface area contributed by atoms with Crippen LogP contribution < -0.4 is 0 Å². The van der Waals surface area contributed by atoms with Crippen molar-refractivity contribution in [1.82, 2.24) is 0 Å². The highest BCUT2D eigenvalue weighted by atomic mass is 16.6. The summed E-state index contributed by atoms with van der Waals surface area (Å²) in [4.78, 5) is 31.1. The number of nitro benzene ring substituents is 1. The average molecular weight is 235 g/mol. The lowest BCUT2D eigenvalue weighted by Gasteiger charge is -2.00. The van der Waals surface area contributed by atoms with Crippen LogP contribution in [0.3, 0.4) is 0 Å². The average Bonchev–Trinajstić information content (AvgIpc) is 2.34. The van der Waals surface area contributed by atoms with Gasteiger partial charge in [0.1, 0.15) is 12.9 Å². The molecule has 6 heteroatoms. The molecule has 0 bridgehead atoms. The Bertz CT molecular complexity index is 449. The van der Waals surface area contributed by atoms with E-state index < -0.39 is 10.9 Å². The topological polar surface area (TPSA) is 86.5 Å². The summed E-state index contributed by atoms with van der Waals surface area (Å²) in [5.74, 6) is -0.601. The van der Waals surface area contributed by atoms with Crippen molar-refractivity contribution in [3.05, 3.63) is 52.1 Å². The second-order valence-electron chi connectivity index (χ2n) is 2.97. The van der Waals surface area contributed by atoms with Gasteiger partial charge in [0.05, 0.1) is 10.5 Å². The first-order chi connectivity index (χ1) is 8.15. The van der Waals surface area contributed by atoms with E-state index in [9.17, 15) is 19.7 Å². The third-order valence-corrected chi connectivity index (χ3v) is 1.84. The normalized spacial score (nSPS) is 10.1. The molecular formula is C11H9NO5. The van der Waals surface area contributed by atoms with Crippen molar-refractivity contribution in [2.75, 3.05) is 6.61 Å². The van der Waals surface area contributed by atoms with Crippen molar-refractivity contribution in [3.63, 3.8) is 0 Å². The molecule has 0 unspecified atom stereocenters. The summed E-state index contributed by atoms with van der Waals surface area (Å²) in [6.45, 7) is -0.0193. The molecule has 0 radical (unpaired) electrons. The molecule has 1 rings (SSSR count). The molecule has 0 amide bonds. The Kier molecular flexibility index (Phi) is 4.56. The Hall–Kier alpha value is -2.50. The zero-order chi connectivity index (χ0) is 12.7. The molecule has 0 aromatic heterocycles. The minimum Gasteiger partial charge on any atom is -0.458 e. The molecule has 0 N–H and O–H groups in total. The van der Waals surface area contributed by atoms with E-state index in [2.05, 4.69) is 0 Å². The van der Waals surface area contributed by atoms with Crippen LogP contribution >= 0.6 is 0 Å². The summed E-state index contributed by atoms with van der Waals surface area (Å²) in [5, 5.41) is 10.4. The van der Waals surface area contributed by atoms with Crippen LogP contribution in [0.15, 0.2) is 36.4 Å². The van der Waals surface area contributed by atoms with Crippen molar-refractivity contribution in [3.8, 4) is 0 Å². The maximum Gasteiger partial charge on any atom is 0.338 e. The fourth-order valence-electron chi connectivity index (χ4n) is 1.04. The van der Waals surface area contributed by atoms with E-state index in [1.54, 1.807) is 0 Å². The molecule has 0 atom stereocenters. The number of nitrogens with zero attached hydrogens (tertiary/aromatic N) is 1. The van der Waals surface area contributed by atoms with E-state index in [0.717, 1.165) is 0 Å². The second-order valence-corrected chi connectivity index (χ2v) is 2.97. The van der Waals surface area contributed by atoms with Gasteiger partial charge in [0.2, 0.25) is 0 Å². The van der Waals surface area contributed by atoms with E-state index in [4.69, 9.17) is 4.74 Å². The fourth-order valence-corrected chi connectivity index (χ4v) is 1.04. The molecule has 0 aliphatic heterocycles. The molecule has 0 aliphatic rings. The number of hydrogen-bond acceptors (Lipinski definition) is 5. The van der Waals surface area contributed by atoms with Gasteiger partial charge in [-0.3, -0.25) is 14.9 Å². The number of esters is 1. The molecule has 0 aliphatic carbocycles. The zero-order valence-electron chi connectivity index (χ0n) is 8.74. The van der Waals surface area contributed by atoms with Crippen LogP contribution in [-0.2, 0) is 9.53 Å². The summed E-state index contributed by atoms with van der Waals surface area (Å²) in [6, 6.07) is 5.06. The van der Waals surface area contributed by atoms with E-state index in [1.807, 2.05) is 0 Å². The van der Waals surface area contributed by atoms with Gasteiger partial charge >= 0.3 is 5.97 Å². The van der Waals surface area contributed by atoms with Gasteiger partial charge in [-0.2, -0.15) is 0 Å². The van der Waals surface area contributed by atoms with Crippen LogP contribution in [0, 0.1) is 10.1 Å². The number of aldehydes is 1. The number of rotatable bonds is 5. The number of nitro groups is 1. The number of carbonyl (C=O) groups is 2. The highest BCUT2D eigenvalue weighted by Crippen LogP contribution is 2.12. The van der Waals surface area contributed by atoms with E-state index in [-0.39, 0.29) is 17.9 Å². The van der Waals surface area contributed by atoms with E-state index in [0.29, 0.717) is 6.29 Å². The number of hydrogen-bond donors (Lipinski definition) is 0. The number of carbonyl (C=O) groups excluding carboxylic acids is 2. The fraction of sp³-hybridized carbons (Fsp3) is 0.0909. The van der Waals surface area contributed by atoms with Crippen LogP contribution in [0.1, 0.15) is 10.4 Å². The lowest BCUT2D eigenvalue weighted by Crippen LogP contribution is -2.05. The zero-order valence-corrected chi connectivity index (χ0v) is 8.74. The van der Waals surface area contributed by atoms with Gasteiger partial charge in [0.25, 0.3) is 5.69 Å². The van der Waals surface area contributed by atoms with Gasteiger partial charge < -0.3 is 4.74 Å². The maximum absolute atomic E-state index is 11.4. The van der Waals surface area contributed by atoms with Crippen LogP contribution in [0.5, 0.6) is 0 Å². The summed E-state index contributed by atoms with van der Waals surface area (Å²) in [5.41, 5.74) is 0.123. The second kappa shape index (κ2) is 6.16. The van der Waals surface area contributed by atoms with Crippen molar-refractivity contribution in [2.45, 2.75) is 0 Å². The number of benzene rings is 1. The van der Waals surface area contributed by atoms with Gasteiger partial charge in [0.15, 0.2) is 0 Å². The molecule has 88 valence electrons. The highest BCUT2D eigenvalue weighted by Gasteiger charge is 2.09. The van der Waals surface area contributed by atoms with Gasteiger partial charge in [-0.05, 0) is 24.3 Å². The van der Waals surface area contributed by atoms with Crippen molar-refractivity contribution in [1.29, 1.82) is 0 Å². The number of ether oxygens (including phenoxy) is 1. The Morgan fingerprint density at radius 1 is 1.35 bits per heavy atom. The van der Waals surface area contributed by atoms with Crippen LogP contribution in [-0.4, -0.2) is 23.8 Å². The molecule has 0 fully saturated rings. The van der Waals surface area contributed by atoms with Crippen LogP contribution in [0.2, 0.25) is 0 Å². The number of non-ortho nitro benzene ring substituents is 1. The maximum atomic E-state index is 11.4. The Labute approximate surface area is 96.7 Å². The largest absolute Gasteiger partial charge is 0.458 e. The third-order valence-electron chi connectivity index (χ3n) is 1.84. The molecule has 0 heterocycles. The summed E-state index contributed by atoms with van der Waals surface area (Å²) in [6.07, 6.45) is 3.17. The van der Waals surface area contributed by atoms with Crippen molar-refractivity contribution < 1.29 is 19.2 Å². The molecular weight excluding hydrogens is 226 g/mol. The number of allylic oxidation sites excluding steroid dienone is 1. The predicted octanol–water partition coefficient (Wildman–Crippen LogP) is 1.51. The smallest absolute Gasteiger partial charge is 0.338 e. The van der Waals surface area contributed by atoms with E-state index in [1.165, 1.54) is 36.4 Å². The molecule has 0 saturated heterocycles. The Morgan fingerprint density at radius 2 is 2.00 bits per heavy atom. The van der Waals surface area contributed by atoms with Gasteiger partial charge in [0, 0.05) is 12.1 Å². The lowest BCUT2D eigenvalue weighted by atomic mass is 10.2. The lowest BCUT2D eigenvalue weighted by molar-refractivity contribution is -0.384. The standard InChI is InChI=1S/C11H9NO5/c13-7-1-2-8-17-11(14)9-3-5-10(6-4-9)12(15)16/h1-7H,8H2/b2-1+. The summed E-state index contributed by atoms with van der Waals surface area (Å²) in [7, 11) is 0.